The van der Waals surface area contributed by atoms with E-state index in [0.29, 0.717) is 23.7 Å². The van der Waals surface area contributed by atoms with Crippen LogP contribution in [0.5, 0.6) is 5.75 Å². The second-order valence-corrected chi connectivity index (χ2v) is 4.06. The summed E-state index contributed by atoms with van der Waals surface area (Å²) in [5, 5.41) is 2.70. The van der Waals surface area contributed by atoms with E-state index in [-0.39, 0.29) is 5.91 Å². The van der Waals surface area contributed by atoms with Gasteiger partial charge in [-0.1, -0.05) is 0 Å². The van der Waals surface area contributed by atoms with Crippen molar-refractivity contribution in [2.24, 2.45) is 5.73 Å². The molecule has 0 saturated carbocycles. The van der Waals surface area contributed by atoms with Gasteiger partial charge in [0.05, 0.1) is 7.11 Å². The Balaban J connectivity index is 2.77. The molecule has 0 saturated heterocycles. The number of hydrogen-bond donors (Lipinski definition) is 2. The molecule has 0 fully saturated rings. The number of nitrogens with one attached hydrogen (secondary N) is 1. The lowest BCUT2D eigenvalue weighted by molar-refractivity contribution is 0.0956. The predicted octanol–water partition coefficient (Wildman–Crippen LogP) is 0.754. The lowest BCUT2D eigenvalue weighted by Gasteiger charge is -2.02. The summed E-state index contributed by atoms with van der Waals surface area (Å²) in [5.41, 5.74) is 5.29. The number of ether oxygens (including phenoxy) is 1. The van der Waals surface area contributed by atoms with Crippen LogP contribution in [-0.4, -0.2) is 26.1 Å². The van der Waals surface area contributed by atoms with E-state index in [4.69, 9.17) is 10.5 Å². The molecule has 0 bridgehead atoms. The van der Waals surface area contributed by atoms with Crippen molar-refractivity contribution in [1.29, 1.82) is 0 Å². The normalized spacial score (nSPS) is 9.93. The second-order valence-electron chi connectivity index (χ2n) is 2.80. The zero-order valence-corrected chi connectivity index (χ0v) is 9.11. The molecule has 14 heavy (non-hydrogen) atoms. The van der Waals surface area contributed by atoms with E-state index < -0.39 is 0 Å². The molecule has 1 aromatic heterocycles. The van der Waals surface area contributed by atoms with Crippen molar-refractivity contribution in [3.63, 3.8) is 0 Å². The summed E-state index contributed by atoms with van der Waals surface area (Å²) in [4.78, 5) is 13.2. The quantitative estimate of drug-likeness (QED) is 0.777. The molecule has 4 nitrogen and oxygen atoms in total. The topological polar surface area (TPSA) is 64.3 Å². The van der Waals surface area contributed by atoms with Crippen LogP contribution in [0.3, 0.4) is 0 Å². The first kappa shape index (κ1) is 11.0. The molecule has 1 rings (SSSR count). The molecule has 1 heterocycles. The van der Waals surface area contributed by atoms with Gasteiger partial charge in [0.25, 0.3) is 5.91 Å². The number of carbonyl (C=O) groups excluding carboxylic acids is 1. The van der Waals surface area contributed by atoms with Crippen LogP contribution < -0.4 is 15.8 Å². The fourth-order valence-electron chi connectivity index (χ4n) is 1.07. The molecule has 78 valence electrons. The number of rotatable bonds is 4. The standard InChI is InChI=1S/C9H14N2O2S/c1-6-5-7(13-2)8(14-6)9(12)11-4-3-10/h5H,3-4,10H2,1-2H3,(H,11,12). The maximum atomic E-state index is 11.6. The van der Waals surface area contributed by atoms with Crippen molar-refractivity contribution >= 4 is 17.2 Å². The zero-order valence-electron chi connectivity index (χ0n) is 8.29. The molecular formula is C9H14N2O2S. The van der Waals surface area contributed by atoms with Gasteiger partial charge in [0, 0.05) is 18.0 Å². The molecule has 0 aliphatic heterocycles. The lowest BCUT2D eigenvalue weighted by Crippen LogP contribution is -2.28. The monoisotopic (exact) mass is 214 g/mol. The molecule has 0 unspecified atom stereocenters. The van der Waals surface area contributed by atoms with Gasteiger partial charge in [-0.15, -0.1) is 11.3 Å². The average molecular weight is 214 g/mol. The largest absolute Gasteiger partial charge is 0.495 e. The molecule has 5 heteroatoms. The Morgan fingerprint density at radius 3 is 3.00 bits per heavy atom. The van der Waals surface area contributed by atoms with Gasteiger partial charge in [0.1, 0.15) is 10.6 Å². The molecule has 0 aromatic carbocycles. The van der Waals surface area contributed by atoms with Crippen molar-refractivity contribution < 1.29 is 9.53 Å². The first-order chi connectivity index (χ1) is 6.69. The molecule has 0 radical (unpaired) electrons. The number of nitrogens with two attached hydrogens (primary N) is 1. The van der Waals surface area contributed by atoms with Crippen LogP contribution in [-0.2, 0) is 0 Å². The Bertz CT molecular complexity index is 323. The molecule has 0 atom stereocenters. The van der Waals surface area contributed by atoms with Gasteiger partial charge in [0.15, 0.2) is 0 Å². The van der Waals surface area contributed by atoms with Gasteiger partial charge in [-0.2, -0.15) is 0 Å². The third-order valence-corrected chi connectivity index (χ3v) is 2.71. The molecule has 3 N–H and O–H groups in total. The summed E-state index contributed by atoms with van der Waals surface area (Å²) in [6, 6.07) is 1.85. The minimum Gasteiger partial charge on any atom is -0.495 e. The Morgan fingerprint density at radius 2 is 2.43 bits per heavy atom. The van der Waals surface area contributed by atoms with Crippen LogP contribution in [0.1, 0.15) is 14.5 Å². The van der Waals surface area contributed by atoms with E-state index in [1.807, 2.05) is 13.0 Å². The number of aryl methyl sites for hydroxylation is 1. The highest BCUT2D eigenvalue weighted by molar-refractivity contribution is 7.14. The summed E-state index contributed by atoms with van der Waals surface area (Å²) in [6.07, 6.45) is 0. The fourth-order valence-corrected chi connectivity index (χ4v) is 1.96. The maximum absolute atomic E-state index is 11.6. The Hall–Kier alpha value is -1.07. The van der Waals surface area contributed by atoms with Crippen LogP contribution in [0.25, 0.3) is 0 Å². The van der Waals surface area contributed by atoms with Crippen molar-refractivity contribution in [2.75, 3.05) is 20.2 Å². The van der Waals surface area contributed by atoms with Crippen molar-refractivity contribution in [2.45, 2.75) is 6.92 Å². The first-order valence-corrected chi connectivity index (χ1v) is 5.13. The molecule has 1 aromatic rings. The van der Waals surface area contributed by atoms with Crippen molar-refractivity contribution in [3.8, 4) is 5.75 Å². The third kappa shape index (κ3) is 2.46. The van der Waals surface area contributed by atoms with E-state index in [9.17, 15) is 4.79 Å². The van der Waals surface area contributed by atoms with E-state index in [2.05, 4.69) is 5.32 Å². The number of carbonyl (C=O) groups is 1. The Labute approximate surface area is 87.1 Å². The van der Waals surface area contributed by atoms with Gasteiger partial charge in [0.2, 0.25) is 0 Å². The van der Waals surface area contributed by atoms with Crippen molar-refractivity contribution in [1.82, 2.24) is 5.32 Å². The van der Waals surface area contributed by atoms with Crippen LogP contribution >= 0.6 is 11.3 Å². The molecule has 1 amide bonds. The summed E-state index contributed by atoms with van der Waals surface area (Å²) < 4.78 is 5.09. The van der Waals surface area contributed by atoms with Crippen molar-refractivity contribution in [3.05, 3.63) is 15.8 Å². The van der Waals surface area contributed by atoms with Crippen LogP contribution in [0, 0.1) is 6.92 Å². The van der Waals surface area contributed by atoms with Gasteiger partial charge in [-0.3, -0.25) is 4.79 Å². The fraction of sp³-hybridized carbons (Fsp3) is 0.444. The zero-order chi connectivity index (χ0) is 10.6. The van der Waals surface area contributed by atoms with E-state index >= 15 is 0 Å². The Morgan fingerprint density at radius 1 is 1.71 bits per heavy atom. The highest BCUT2D eigenvalue weighted by atomic mass is 32.1. The predicted molar refractivity (Wildman–Crippen MR) is 57.0 cm³/mol. The van der Waals surface area contributed by atoms with Gasteiger partial charge >= 0.3 is 0 Å². The summed E-state index contributed by atoms with van der Waals surface area (Å²) in [5.74, 6) is 0.507. The van der Waals surface area contributed by atoms with Gasteiger partial charge < -0.3 is 15.8 Å². The van der Waals surface area contributed by atoms with E-state index in [1.165, 1.54) is 11.3 Å². The summed E-state index contributed by atoms with van der Waals surface area (Å²) >= 11 is 1.42. The maximum Gasteiger partial charge on any atom is 0.265 e. The van der Waals surface area contributed by atoms with E-state index in [0.717, 1.165) is 4.88 Å². The molecule has 0 aliphatic carbocycles. The van der Waals surface area contributed by atoms with Crippen LogP contribution in [0.15, 0.2) is 6.07 Å². The minimum absolute atomic E-state index is 0.120. The van der Waals surface area contributed by atoms with E-state index in [1.54, 1.807) is 7.11 Å². The number of hydrogen-bond acceptors (Lipinski definition) is 4. The van der Waals surface area contributed by atoms with Crippen LogP contribution in [0.4, 0.5) is 0 Å². The van der Waals surface area contributed by atoms with Crippen LogP contribution in [0.2, 0.25) is 0 Å². The number of methoxy groups -OCH3 is 1. The van der Waals surface area contributed by atoms with Gasteiger partial charge in [-0.05, 0) is 13.0 Å². The third-order valence-electron chi connectivity index (χ3n) is 1.68. The number of thiophene rings is 1. The SMILES string of the molecule is COc1cc(C)sc1C(=O)NCCN. The lowest BCUT2D eigenvalue weighted by atomic mass is 10.4. The first-order valence-electron chi connectivity index (χ1n) is 4.31. The average Bonchev–Trinajstić information content (AvgIpc) is 2.56. The number of amides is 1. The minimum atomic E-state index is -0.120. The second kappa shape index (κ2) is 4.97. The highest BCUT2D eigenvalue weighted by Crippen LogP contribution is 2.28. The molecular weight excluding hydrogens is 200 g/mol. The smallest absolute Gasteiger partial charge is 0.265 e. The summed E-state index contributed by atoms with van der Waals surface area (Å²) in [7, 11) is 1.56. The highest BCUT2D eigenvalue weighted by Gasteiger charge is 2.14. The summed E-state index contributed by atoms with van der Waals surface area (Å²) in [6.45, 7) is 2.87. The van der Waals surface area contributed by atoms with Gasteiger partial charge in [-0.25, -0.2) is 0 Å². The Kier molecular flexibility index (Phi) is 3.91. The molecule has 0 aliphatic rings. The molecule has 0 spiro atoms.